The van der Waals surface area contributed by atoms with Crippen molar-refractivity contribution in [2.45, 2.75) is 6.04 Å². The number of nitrogens with one attached hydrogen (secondary N) is 2. The first kappa shape index (κ1) is 14.4. The van der Waals surface area contributed by atoms with Crippen LogP contribution >= 0.6 is 12.2 Å². The van der Waals surface area contributed by atoms with Gasteiger partial charge in [0.25, 0.3) is 0 Å². The van der Waals surface area contributed by atoms with Gasteiger partial charge < -0.3 is 15.1 Å². The van der Waals surface area contributed by atoms with E-state index >= 15 is 0 Å². The molecule has 3 rings (SSSR count). The molecule has 0 unspecified atom stereocenters. The van der Waals surface area contributed by atoms with Gasteiger partial charge in [-0.3, -0.25) is 0 Å². The number of anilines is 1. The van der Waals surface area contributed by atoms with Crippen molar-refractivity contribution in [3.05, 3.63) is 90.4 Å². The molecule has 2 N–H and O–H groups in total. The number of furan rings is 1. The van der Waals surface area contributed by atoms with Crippen LogP contribution in [-0.4, -0.2) is 5.11 Å². The first-order valence-electron chi connectivity index (χ1n) is 7.04. The maximum absolute atomic E-state index is 5.55. The summed E-state index contributed by atoms with van der Waals surface area (Å²) in [4.78, 5) is 0. The Kier molecular flexibility index (Phi) is 4.51. The Bertz CT molecular complexity index is 711. The Morgan fingerprint density at radius 1 is 0.864 bits per heavy atom. The minimum atomic E-state index is -0.125. The molecule has 0 amide bonds. The van der Waals surface area contributed by atoms with Crippen LogP contribution in [0.5, 0.6) is 0 Å². The van der Waals surface area contributed by atoms with E-state index in [-0.39, 0.29) is 6.04 Å². The van der Waals surface area contributed by atoms with Gasteiger partial charge in [-0.05, 0) is 42.0 Å². The molecule has 0 aliphatic heterocycles. The molecule has 0 radical (unpaired) electrons. The van der Waals surface area contributed by atoms with E-state index in [4.69, 9.17) is 16.6 Å². The van der Waals surface area contributed by atoms with E-state index in [1.54, 1.807) is 6.26 Å². The zero-order chi connectivity index (χ0) is 15.2. The molecule has 0 aliphatic carbocycles. The third-order valence-electron chi connectivity index (χ3n) is 3.27. The minimum absolute atomic E-state index is 0.125. The van der Waals surface area contributed by atoms with E-state index in [9.17, 15) is 0 Å². The second-order valence-corrected chi connectivity index (χ2v) is 5.23. The fourth-order valence-corrected chi connectivity index (χ4v) is 2.48. The lowest BCUT2D eigenvalue weighted by Crippen LogP contribution is -2.32. The topological polar surface area (TPSA) is 37.2 Å². The summed E-state index contributed by atoms with van der Waals surface area (Å²) in [7, 11) is 0. The molecule has 0 spiro atoms. The quantitative estimate of drug-likeness (QED) is 0.702. The van der Waals surface area contributed by atoms with Gasteiger partial charge in [-0.2, -0.15) is 0 Å². The Morgan fingerprint density at radius 3 is 2.18 bits per heavy atom. The van der Waals surface area contributed by atoms with Crippen molar-refractivity contribution >= 4 is 23.0 Å². The van der Waals surface area contributed by atoms with Crippen LogP contribution in [0.15, 0.2) is 83.5 Å². The summed E-state index contributed by atoms with van der Waals surface area (Å²) in [6.45, 7) is 0. The largest absolute Gasteiger partial charge is 0.467 e. The van der Waals surface area contributed by atoms with Crippen molar-refractivity contribution in [2.75, 3.05) is 5.32 Å². The zero-order valence-corrected chi connectivity index (χ0v) is 12.7. The summed E-state index contributed by atoms with van der Waals surface area (Å²) < 4.78 is 5.55. The summed E-state index contributed by atoms with van der Waals surface area (Å²) in [6, 6.07) is 23.6. The molecular weight excluding hydrogens is 292 g/mol. The van der Waals surface area contributed by atoms with Crippen LogP contribution in [0.4, 0.5) is 5.69 Å². The maximum Gasteiger partial charge on any atom is 0.171 e. The van der Waals surface area contributed by atoms with Crippen molar-refractivity contribution in [1.29, 1.82) is 0 Å². The molecule has 0 fully saturated rings. The van der Waals surface area contributed by atoms with Gasteiger partial charge in [0.15, 0.2) is 5.11 Å². The molecule has 4 heteroatoms. The highest BCUT2D eigenvalue weighted by Gasteiger charge is 2.17. The molecule has 0 aliphatic rings. The third kappa shape index (κ3) is 3.54. The molecule has 1 heterocycles. The van der Waals surface area contributed by atoms with E-state index in [2.05, 4.69) is 10.6 Å². The summed E-state index contributed by atoms with van der Waals surface area (Å²) in [6.07, 6.45) is 1.67. The maximum atomic E-state index is 5.55. The standard InChI is InChI=1S/C18H16N2OS/c22-18(19-15-10-5-2-6-11-15)20-17(16-12-7-13-21-16)14-8-3-1-4-9-14/h1-13,17H,(H2,19,20,22)/t17-/m0/s1. The number of hydrogen-bond donors (Lipinski definition) is 2. The van der Waals surface area contributed by atoms with E-state index in [1.165, 1.54) is 0 Å². The van der Waals surface area contributed by atoms with Crippen molar-refractivity contribution in [2.24, 2.45) is 0 Å². The highest BCUT2D eigenvalue weighted by molar-refractivity contribution is 7.80. The number of hydrogen-bond acceptors (Lipinski definition) is 2. The molecule has 22 heavy (non-hydrogen) atoms. The molecular formula is C18H16N2OS. The minimum Gasteiger partial charge on any atom is -0.467 e. The van der Waals surface area contributed by atoms with Crippen LogP contribution in [0.3, 0.4) is 0 Å². The predicted octanol–water partition coefficient (Wildman–Crippen LogP) is 4.36. The van der Waals surface area contributed by atoms with E-state index in [0.717, 1.165) is 17.0 Å². The molecule has 2 aromatic carbocycles. The number of para-hydroxylation sites is 1. The van der Waals surface area contributed by atoms with Gasteiger partial charge in [0.2, 0.25) is 0 Å². The van der Waals surface area contributed by atoms with E-state index in [1.807, 2.05) is 72.8 Å². The van der Waals surface area contributed by atoms with Crippen molar-refractivity contribution in [3.8, 4) is 0 Å². The molecule has 0 bridgehead atoms. The zero-order valence-electron chi connectivity index (χ0n) is 11.9. The Hall–Kier alpha value is -2.59. The lowest BCUT2D eigenvalue weighted by Gasteiger charge is -2.19. The van der Waals surface area contributed by atoms with Crippen LogP contribution < -0.4 is 10.6 Å². The molecule has 0 saturated carbocycles. The average molecular weight is 308 g/mol. The van der Waals surface area contributed by atoms with Crippen LogP contribution in [-0.2, 0) is 0 Å². The molecule has 1 atom stereocenters. The Labute approximate surface area is 135 Å². The molecule has 3 nitrogen and oxygen atoms in total. The first-order chi connectivity index (χ1) is 10.8. The predicted molar refractivity (Wildman–Crippen MR) is 92.8 cm³/mol. The van der Waals surface area contributed by atoms with Gasteiger partial charge in [-0.25, -0.2) is 0 Å². The molecule has 110 valence electrons. The fourth-order valence-electron chi connectivity index (χ4n) is 2.24. The fraction of sp³-hybridized carbons (Fsp3) is 0.0556. The smallest absolute Gasteiger partial charge is 0.171 e. The first-order valence-corrected chi connectivity index (χ1v) is 7.44. The van der Waals surface area contributed by atoms with E-state index < -0.39 is 0 Å². The van der Waals surface area contributed by atoms with Crippen molar-refractivity contribution in [1.82, 2.24) is 5.32 Å². The van der Waals surface area contributed by atoms with Crippen LogP contribution in [0.1, 0.15) is 17.4 Å². The van der Waals surface area contributed by atoms with Crippen LogP contribution in [0.2, 0.25) is 0 Å². The summed E-state index contributed by atoms with van der Waals surface area (Å²) >= 11 is 5.42. The third-order valence-corrected chi connectivity index (χ3v) is 3.49. The van der Waals surface area contributed by atoms with Crippen LogP contribution in [0, 0.1) is 0 Å². The average Bonchev–Trinajstić information content (AvgIpc) is 3.08. The highest BCUT2D eigenvalue weighted by Crippen LogP contribution is 2.22. The SMILES string of the molecule is S=C(Nc1ccccc1)N[C@@H](c1ccccc1)c1ccco1. The lowest BCUT2D eigenvalue weighted by atomic mass is 10.1. The van der Waals surface area contributed by atoms with Gasteiger partial charge >= 0.3 is 0 Å². The van der Waals surface area contributed by atoms with Crippen molar-refractivity contribution < 1.29 is 4.42 Å². The number of thiocarbonyl (C=S) groups is 1. The highest BCUT2D eigenvalue weighted by atomic mass is 32.1. The molecule has 3 aromatic rings. The second-order valence-electron chi connectivity index (χ2n) is 4.82. The summed E-state index contributed by atoms with van der Waals surface area (Å²) in [5.41, 5.74) is 2.04. The van der Waals surface area contributed by atoms with E-state index in [0.29, 0.717) is 5.11 Å². The van der Waals surface area contributed by atoms with Gasteiger partial charge in [0.05, 0.1) is 6.26 Å². The van der Waals surface area contributed by atoms with Gasteiger partial charge in [-0.15, -0.1) is 0 Å². The summed E-state index contributed by atoms with van der Waals surface area (Å²) in [5.74, 6) is 0.823. The van der Waals surface area contributed by atoms with Gasteiger partial charge in [0, 0.05) is 5.69 Å². The summed E-state index contributed by atoms with van der Waals surface area (Å²) in [5, 5.41) is 7.05. The normalized spacial score (nSPS) is 11.6. The van der Waals surface area contributed by atoms with Gasteiger partial charge in [0.1, 0.15) is 11.8 Å². The lowest BCUT2D eigenvalue weighted by molar-refractivity contribution is 0.476. The van der Waals surface area contributed by atoms with Crippen LogP contribution in [0.25, 0.3) is 0 Å². The monoisotopic (exact) mass is 308 g/mol. The van der Waals surface area contributed by atoms with Crippen molar-refractivity contribution in [3.63, 3.8) is 0 Å². The molecule has 1 aromatic heterocycles. The Morgan fingerprint density at radius 2 is 1.55 bits per heavy atom. The van der Waals surface area contributed by atoms with Gasteiger partial charge in [-0.1, -0.05) is 48.5 Å². The Balaban J connectivity index is 1.77. The second kappa shape index (κ2) is 6.91. The molecule has 0 saturated heterocycles. The number of rotatable bonds is 4. The number of benzene rings is 2.